The van der Waals surface area contributed by atoms with Crippen LogP contribution in [0, 0.1) is 5.92 Å². The molecule has 0 radical (unpaired) electrons. The van der Waals surface area contributed by atoms with Crippen LogP contribution in [-0.2, 0) is 14.8 Å². The maximum Gasteiger partial charge on any atom is 0.253 e. The third kappa shape index (κ3) is 6.15. The largest absolute Gasteiger partial charge is 0.373 e. The number of morpholine rings is 1. The van der Waals surface area contributed by atoms with Crippen molar-refractivity contribution in [1.82, 2.24) is 14.1 Å². The second-order valence-corrected chi connectivity index (χ2v) is 12.0. The summed E-state index contributed by atoms with van der Waals surface area (Å²) in [5, 5.41) is 0. The number of carbonyl (C=O) groups is 1. The lowest BCUT2D eigenvalue weighted by Crippen LogP contribution is -2.48. The van der Waals surface area contributed by atoms with E-state index in [4.69, 9.17) is 4.74 Å². The molecule has 0 aromatic heterocycles. The van der Waals surface area contributed by atoms with E-state index in [9.17, 15) is 13.2 Å². The van der Waals surface area contributed by atoms with Crippen LogP contribution in [0.4, 0.5) is 0 Å². The van der Waals surface area contributed by atoms with E-state index in [2.05, 4.69) is 4.90 Å². The number of benzene rings is 1. The monoisotopic (exact) mass is 477 g/mol. The van der Waals surface area contributed by atoms with E-state index in [-0.39, 0.29) is 23.0 Å². The molecule has 1 amide bonds. The zero-order chi connectivity index (χ0) is 23.4. The first-order valence-electron chi connectivity index (χ1n) is 12.6. The van der Waals surface area contributed by atoms with Crippen LogP contribution in [0.3, 0.4) is 0 Å². The summed E-state index contributed by atoms with van der Waals surface area (Å²) >= 11 is 0. The first-order chi connectivity index (χ1) is 15.8. The van der Waals surface area contributed by atoms with Gasteiger partial charge in [0.05, 0.1) is 17.1 Å². The number of carbonyl (C=O) groups excluding carboxylic acids is 1. The Balaban J connectivity index is 1.36. The molecule has 1 saturated carbocycles. The van der Waals surface area contributed by atoms with E-state index in [1.807, 2.05) is 18.7 Å². The number of amides is 1. The van der Waals surface area contributed by atoms with Crippen molar-refractivity contribution in [2.24, 2.45) is 5.92 Å². The molecule has 0 bridgehead atoms. The van der Waals surface area contributed by atoms with E-state index in [1.54, 1.807) is 24.3 Å². The van der Waals surface area contributed by atoms with Crippen molar-refractivity contribution in [3.8, 4) is 0 Å². The Kier molecular flexibility index (Phi) is 8.10. The molecule has 0 spiro atoms. The average molecular weight is 478 g/mol. The third-order valence-electron chi connectivity index (χ3n) is 7.24. The van der Waals surface area contributed by atoms with Crippen LogP contribution >= 0.6 is 0 Å². The van der Waals surface area contributed by atoms with Crippen molar-refractivity contribution in [1.29, 1.82) is 0 Å². The molecule has 1 aliphatic carbocycles. The molecule has 2 unspecified atom stereocenters. The normalized spacial score (nSPS) is 26.8. The number of nitrogens with zero attached hydrogens (tertiary/aromatic N) is 3. The van der Waals surface area contributed by atoms with Gasteiger partial charge in [0.25, 0.3) is 5.91 Å². The van der Waals surface area contributed by atoms with Gasteiger partial charge in [-0.1, -0.05) is 19.3 Å². The highest BCUT2D eigenvalue weighted by atomic mass is 32.2. The van der Waals surface area contributed by atoms with Crippen molar-refractivity contribution < 1.29 is 17.9 Å². The lowest BCUT2D eigenvalue weighted by molar-refractivity contribution is -0.0440. The summed E-state index contributed by atoms with van der Waals surface area (Å²) in [7, 11) is -3.60. The van der Waals surface area contributed by atoms with E-state index < -0.39 is 10.0 Å². The molecule has 2 saturated heterocycles. The fraction of sp³-hybridized carbons (Fsp3) is 0.720. The summed E-state index contributed by atoms with van der Waals surface area (Å²) in [6, 6.07) is 6.46. The average Bonchev–Trinajstić information content (AvgIpc) is 3.04. The van der Waals surface area contributed by atoms with E-state index >= 15 is 0 Å². The number of ether oxygens (including phenoxy) is 1. The molecule has 3 aliphatic rings. The van der Waals surface area contributed by atoms with Crippen molar-refractivity contribution in [2.45, 2.75) is 69.5 Å². The predicted octanol–water partition coefficient (Wildman–Crippen LogP) is 3.21. The summed E-state index contributed by atoms with van der Waals surface area (Å²) in [5.41, 5.74) is 0.554. The van der Waals surface area contributed by atoms with Gasteiger partial charge in [0.1, 0.15) is 0 Å². The Morgan fingerprint density at radius 3 is 2.24 bits per heavy atom. The smallest absolute Gasteiger partial charge is 0.253 e. The molecular weight excluding hydrogens is 438 g/mol. The van der Waals surface area contributed by atoms with Crippen molar-refractivity contribution in [3.05, 3.63) is 29.8 Å². The van der Waals surface area contributed by atoms with Crippen LogP contribution in [0.5, 0.6) is 0 Å². The topological polar surface area (TPSA) is 70.2 Å². The van der Waals surface area contributed by atoms with Crippen LogP contribution < -0.4 is 0 Å². The van der Waals surface area contributed by atoms with E-state index in [0.717, 1.165) is 45.1 Å². The molecule has 0 N–H and O–H groups in total. The van der Waals surface area contributed by atoms with Gasteiger partial charge in [-0.05, 0) is 69.8 Å². The fourth-order valence-electron chi connectivity index (χ4n) is 5.52. The lowest BCUT2D eigenvalue weighted by atomic mass is 9.89. The Hall–Kier alpha value is -1.48. The second-order valence-electron chi connectivity index (χ2n) is 10.1. The first-order valence-corrected chi connectivity index (χ1v) is 14.0. The second kappa shape index (κ2) is 10.8. The minimum Gasteiger partial charge on any atom is -0.373 e. The van der Waals surface area contributed by atoms with Crippen molar-refractivity contribution >= 4 is 15.9 Å². The van der Waals surface area contributed by atoms with Crippen LogP contribution in [-0.4, -0.2) is 86.5 Å². The Morgan fingerprint density at radius 2 is 1.58 bits per heavy atom. The number of hydrogen-bond donors (Lipinski definition) is 0. The molecule has 2 aliphatic heterocycles. The third-order valence-corrected chi connectivity index (χ3v) is 9.09. The molecule has 3 fully saturated rings. The van der Waals surface area contributed by atoms with Crippen LogP contribution in [0.25, 0.3) is 0 Å². The molecule has 8 heteroatoms. The van der Waals surface area contributed by atoms with E-state index in [1.165, 1.54) is 36.4 Å². The zero-order valence-electron chi connectivity index (χ0n) is 20.1. The summed E-state index contributed by atoms with van der Waals surface area (Å²) in [4.78, 5) is 17.8. The SMILES string of the molecule is CC1CN(S(=O)(=O)c2ccc(C(=O)N3CCCN(CC4CCCCC4)CC3)cc2)CC(C)O1. The van der Waals surface area contributed by atoms with Crippen LogP contribution in [0.2, 0.25) is 0 Å². The molecule has 1 aromatic carbocycles. The van der Waals surface area contributed by atoms with Gasteiger partial charge >= 0.3 is 0 Å². The maximum absolute atomic E-state index is 13.1. The standard InChI is InChI=1S/C25H39N3O4S/c1-20-17-28(18-21(2)32-20)33(30,31)24-11-9-23(10-12-24)25(29)27-14-6-13-26(15-16-27)19-22-7-4-3-5-8-22/h9-12,20-22H,3-8,13-19H2,1-2H3. The Labute approximate surface area is 199 Å². The zero-order valence-corrected chi connectivity index (χ0v) is 20.9. The minimum absolute atomic E-state index is 0.00733. The molecule has 7 nitrogen and oxygen atoms in total. The summed E-state index contributed by atoms with van der Waals surface area (Å²) in [6.45, 7) is 9.08. The molecule has 4 rings (SSSR count). The van der Waals surface area contributed by atoms with E-state index in [0.29, 0.717) is 18.7 Å². The number of sulfonamides is 1. The molecule has 2 heterocycles. The highest BCUT2D eigenvalue weighted by molar-refractivity contribution is 7.89. The highest BCUT2D eigenvalue weighted by Gasteiger charge is 2.32. The predicted molar refractivity (Wildman–Crippen MR) is 129 cm³/mol. The molecule has 33 heavy (non-hydrogen) atoms. The lowest BCUT2D eigenvalue weighted by Gasteiger charge is -2.34. The highest BCUT2D eigenvalue weighted by Crippen LogP contribution is 2.25. The van der Waals surface area contributed by atoms with Gasteiger partial charge in [-0.25, -0.2) is 8.42 Å². The molecule has 1 aromatic rings. The fourth-order valence-corrected chi connectivity index (χ4v) is 7.11. The minimum atomic E-state index is -3.60. The van der Waals surface area contributed by atoms with Gasteiger partial charge in [-0.15, -0.1) is 0 Å². The van der Waals surface area contributed by atoms with Gasteiger partial charge in [0.2, 0.25) is 10.0 Å². The van der Waals surface area contributed by atoms with Gasteiger partial charge < -0.3 is 14.5 Å². The Bertz CT molecular complexity index is 889. The quantitative estimate of drug-likeness (QED) is 0.651. The van der Waals surface area contributed by atoms with Crippen molar-refractivity contribution in [2.75, 3.05) is 45.8 Å². The Morgan fingerprint density at radius 1 is 0.909 bits per heavy atom. The van der Waals surface area contributed by atoms with Crippen molar-refractivity contribution in [3.63, 3.8) is 0 Å². The van der Waals surface area contributed by atoms with Crippen LogP contribution in [0.1, 0.15) is 62.7 Å². The van der Waals surface area contributed by atoms with Crippen LogP contribution in [0.15, 0.2) is 29.2 Å². The summed E-state index contributed by atoms with van der Waals surface area (Å²) < 4.78 is 33.3. The first kappa shape index (κ1) is 24.6. The molecular formula is C25H39N3O4S. The van der Waals surface area contributed by atoms with Gasteiger partial charge in [0, 0.05) is 44.8 Å². The molecule has 184 valence electrons. The van der Waals surface area contributed by atoms with Gasteiger partial charge in [-0.3, -0.25) is 4.79 Å². The van der Waals surface area contributed by atoms with Gasteiger partial charge in [-0.2, -0.15) is 4.31 Å². The number of rotatable bonds is 5. The van der Waals surface area contributed by atoms with Gasteiger partial charge in [0.15, 0.2) is 0 Å². The number of hydrogen-bond acceptors (Lipinski definition) is 5. The maximum atomic E-state index is 13.1. The summed E-state index contributed by atoms with van der Waals surface area (Å²) in [6.07, 6.45) is 7.50. The molecule has 2 atom stereocenters. The summed E-state index contributed by atoms with van der Waals surface area (Å²) in [5.74, 6) is 0.806.